The van der Waals surface area contributed by atoms with E-state index in [9.17, 15) is 9.90 Å². The van der Waals surface area contributed by atoms with E-state index in [-0.39, 0.29) is 0 Å². The lowest BCUT2D eigenvalue weighted by Crippen LogP contribution is -2.50. The molecule has 0 spiro atoms. The van der Waals surface area contributed by atoms with Gasteiger partial charge in [-0.05, 0) is 12.5 Å². The number of hydrogen-bond donors (Lipinski definition) is 2. The van der Waals surface area contributed by atoms with Crippen molar-refractivity contribution in [2.75, 3.05) is 18.5 Å². The Hall–Kier alpha value is -1.55. The third kappa shape index (κ3) is 1.37. The van der Waals surface area contributed by atoms with E-state index >= 15 is 0 Å². The average Bonchev–Trinajstić information content (AvgIpc) is 2.24. The van der Waals surface area contributed by atoms with Gasteiger partial charge in [-0.25, -0.2) is 4.79 Å². The fraction of sp³-hybridized carbons (Fsp3) is 0.364. The minimum absolute atomic E-state index is 0.440. The van der Waals surface area contributed by atoms with Gasteiger partial charge in [0.25, 0.3) is 0 Å². The molecule has 0 aromatic heterocycles. The van der Waals surface area contributed by atoms with Crippen LogP contribution in [-0.2, 0) is 10.3 Å². The summed E-state index contributed by atoms with van der Waals surface area (Å²) in [6.45, 7) is 0.666. The number of nitrogens with zero attached hydrogens (tertiary/aromatic N) is 1. The molecule has 1 aliphatic heterocycles. The van der Waals surface area contributed by atoms with Crippen molar-refractivity contribution in [3.05, 3.63) is 29.8 Å². The summed E-state index contributed by atoms with van der Waals surface area (Å²) in [6, 6.07) is 7.41. The predicted molar refractivity (Wildman–Crippen MR) is 57.8 cm³/mol. The molecule has 0 fully saturated rings. The van der Waals surface area contributed by atoms with Crippen molar-refractivity contribution in [3.8, 4) is 0 Å². The van der Waals surface area contributed by atoms with Crippen LogP contribution in [0.5, 0.6) is 0 Å². The Labute approximate surface area is 88.3 Å². The van der Waals surface area contributed by atoms with Gasteiger partial charge in [-0.1, -0.05) is 18.2 Å². The molecule has 15 heavy (non-hydrogen) atoms. The van der Waals surface area contributed by atoms with Crippen LogP contribution in [0.3, 0.4) is 0 Å². The van der Waals surface area contributed by atoms with Crippen LogP contribution in [-0.4, -0.2) is 24.7 Å². The van der Waals surface area contributed by atoms with Gasteiger partial charge in [-0.2, -0.15) is 0 Å². The first-order valence-corrected chi connectivity index (χ1v) is 4.88. The van der Waals surface area contributed by atoms with Gasteiger partial charge in [0.15, 0.2) is 0 Å². The van der Waals surface area contributed by atoms with E-state index in [1.165, 1.54) is 0 Å². The second-order valence-corrected chi connectivity index (χ2v) is 3.97. The smallest absolute Gasteiger partial charge is 0.328 e. The van der Waals surface area contributed by atoms with E-state index in [0.717, 1.165) is 5.69 Å². The molecule has 0 unspecified atom stereocenters. The number of aliphatic carboxylic acids is 1. The Morgan fingerprint density at radius 1 is 1.53 bits per heavy atom. The Balaban J connectivity index is 2.58. The lowest BCUT2D eigenvalue weighted by Gasteiger charge is -2.37. The topological polar surface area (TPSA) is 66.6 Å². The number of anilines is 1. The number of rotatable bonds is 1. The van der Waals surface area contributed by atoms with Gasteiger partial charge in [0.2, 0.25) is 0 Å². The number of carboxylic acid groups (broad SMARTS) is 1. The lowest BCUT2D eigenvalue weighted by atomic mass is 9.83. The number of carbonyl (C=O) groups is 1. The monoisotopic (exact) mass is 206 g/mol. The van der Waals surface area contributed by atoms with Gasteiger partial charge in [-0.3, -0.25) is 0 Å². The zero-order chi connectivity index (χ0) is 11.1. The standard InChI is InChI=1S/C11H14N2O2/c1-13-7-6-11(12,10(14)15)8-4-2-3-5-9(8)13/h2-5H,6-7,12H2,1H3,(H,14,15)/t11-/m1/s1. The highest BCUT2D eigenvalue weighted by Gasteiger charge is 2.41. The largest absolute Gasteiger partial charge is 0.480 e. The number of fused-ring (bicyclic) bond motifs is 1. The number of hydrogen-bond acceptors (Lipinski definition) is 3. The van der Waals surface area contributed by atoms with Crippen LogP contribution < -0.4 is 10.6 Å². The van der Waals surface area contributed by atoms with Crippen LogP contribution in [0.15, 0.2) is 24.3 Å². The summed E-state index contributed by atoms with van der Waals surface area (Å²) in [4.78, 5) is 13.2. The summed E-state index contributed by atoms with van der Waals surface area (Å²) in [6.07, 6.45) is 0.440. The van der Waals surface area contributed by atoms with Crippen LogP contribution in [0.2, 0.25) is 0 Å². The van der Waals surface area contributed by atoms with Gasteiger partial charge in [-0.15, -0.1) is 0 Å². The average molecular weight is 206 g/mol. The minimum Gasteiger partial charge on any atom is -0.480 e. The summed E-state index contributed by atoms with van der Waals surface area (Å²) in [5.74, 6) is -0.956. The maximum absolute atomic E-state index is 11.2. The van der Waals surface area contributed by atoms with E-state index in [1.54, 1.807) is 6.07 Å². The van der Waals surface area contributed by atoms with Crippen molar-refractivity contribution in [1.82, 2.24) is 0 Å². The molecule has 1 aliphatic rings. The fourth-order valence-electron chi connectivity index (χ4n) is 2.01. The summed E-state index contributed by atoms with van der Waals surface area (Å²) in [5, 5.41) is 9.19. The van der Waals surface area contributed by atoms with Crippen molar-refractivity contribution < 1.29 is 9.90 Å². The summed E-state index contributed by atoms with van der Waals surface area (Å²) < 4.78 is 0. The molecule has 1 atom stereocenters. The van der Waals surface area contributed by atoms with E-state index in [0.29, 0.717) is 18.5 Å². The van der Waals surface area contributed by atoms with Crippen LogP contribution >= 0.6 is 0 Å². The number of para-hydroxylation sites is 1. The van der Waals surface area contributed by atoms with E-state index in [2.05, 4.69) is 0 Å². The summed E-state index contributed by atoms with van der Waals surface area (Å²) >= 11 is 0. The van der Waals surface area contributed by atoms with Gasteiger partial charge in [0, 0.05) is 24.8 Å². The molecule has 4 nitrogen and oxygen atoms in total. The molecule has 0 amide bonds. The van der Waals surface area contributed by atoms with E-state index in [1.807, 2.05) is 30.1 Å². The first kappa shape index (κ1) is 9.98. The second-order valence-electron chi connectivity index (χ2n) is 3.97. The maximum Gasteiger partial charge on any atom is 0.328 e. The highest BCUT2D eigenvalue weighted by molar-refractivity contribution is 5.84. The quantitative estimate of drug-likeness (QED) is 0.712. The van der Waals surface area contributed by atoms with Crippen molar-refractivity contribution in [1.29, 1.82) is 0 Å². The van der Waals surface area contributed by atoms with Crippen LogP contribution in [0, 0.1) is 0 Å². The molecule has 3 N–H and O–H groups in total. The third-order valence-electron chi connectivity index (χ3n) is 3.02. The first-order chi connectivity index (χ1) is 7.05. The van der Waals surface area contributed by atoms with Gasteiger partial charge in [0.1, 0.15) is 5.54 Å². The molecular formula is C11H14N2O2. The van der Waals surface area contributed by atoms with Crippen LogP contribution in [0.4, 0.5) is 5.69 Å². The Morgan fingerprint density at radius 3 is 2.87 bits per heavy atom. The normalized spacial score (nSPS) is 24.8. The number of benzene rings is 1. The first-order valence-electron chi connectivity index (χ1n) is 4.88. The molecule has 2 rings (SSSR count). The van der Waals surface area contributed by atoms with Crippen molar-refractivity contribution >= 4 is 11.7 Å². The molecular weight excluding hydrogens is 192 g/mol. The number of nitrogens with two attached hydrogens (primary N) is 1. The van der Waals surface area contributed by atoms with E-state index in [4.69, 9.17) is 5.73 Å². The van der Waals surface area contributed by atoms with Crippen molar-refractivity contribution in [3.63, 3.8) is 0 Å². The van der Waals surface area contributed by atoms with Gasteiger partial charge < -0.3 is 15.7 Å². The molecule has 1 aromatic carbocycles. The molecule has 0 radical (unpaired) electrons. The molecule has 1 heterocycles. The van der Waals surface area contributed by atoms with Crippen molar-refractivity contribution in [2.24, 2.45) is 5.73 Å². The van der Waals surface area contributed by atoms with Crippen molar-refractivity contribution in [2.45, 2.75) is 12.0 Å². The lowest BCUT2D eigenvalue weighted by molar-refractivity contribution is -0.144. The Kier molecular flexibility index (Phi) is 2.16. The minimum atomic E-state index is -1.23. The maximum atomic E-state index is 11.2. The number of carboxylic acids is 1. The molecule has 0 saturated carbocycles. The molecule has 0 saturated heterocycles. The van der Waals surface area contributed by atoms with Gasteiger partial charge >= 0.3 is 5.97 Å². The molecule has 0 bridgehead atoms. The zero-order valence-corrected chi connectivity index (χ0v) is 8.60. The fourth-order valence-corrected chi connectivity index (χ4v) is 2.01. The zero-order valence-electron chi connectivity index (χ0n) is 8.60. The molecule has 4 heteroatoms. The van der Waals surface area contributed by atoms with Crippen LogP contribution in [0.25, 0.3) is 0 Å². The summed E-state index contributed by atoms with van der Waals surface area (Å²) in [5.41, 5.74) is 6.33. The molecule has 1 aromatic rings. The Morgan fingerprint density at radius 2 is 2.20 bits per heavy atom. The highest BCUT2D eigenvalue weighted by Crippen LogP contribution is 2.35. The summed E-state index contributed by atoms with van der Waals surface area (Å²) in [7, 11) is 1.94. The van der Waals surface area contributed by atoms with Crippen LogP contribution in [0.1, 0.15) is 12.0 Å². The third-order valence-corrected chi connectivity index (χ3v) is 3.02. The second kappa shape index (κ2) is 3.24. The molecule has 0 aliphatic carbocycles. The highest BCUT2D eigenvalue weighted by atomic mass is 16.4. The Bertz CT molecular complexity index is 405. The predicted octanol–water partition coefficient (Wildman–Crippen LogP) is 0.765. The SMILES string of the molecule is CN1CC[C@](N)(C(=O)O)c2ccccc21. The molecule has 80 valence electrons. The van der Waals surface area contributed by atoms with E-state index < -0.39 is 11.5 Å². The van der Waals surface area contributed by atoms with Gasteiger partial charge in [0.05, 0.1) is 0 Å².